The van der Waals surface area contributed by atoms with E-state index in [1.54, 1.807) is 10.5 Å². The van der Waals surface area contributed by atoms with Crippen molar-refractivity contribution in [3.8, 4) is 5.75 Å². The number of rotatable bonds is 7. The van der Waals surface area contributed by atoms with Gasteiger partial charge in [0, 0.05) is 81.6 Å². The molecule has 4 aromatic carbocycles. The smallest absolute Gasteiger partial charge is 0.255 e. The molecule has 2 N–H and O–H groups in total. The van der Waals surface area contributed by atoms with Crippen LogP contribution in [-0.4, -0.2) is 84.5 Å². The number of carbonyl (C=O) groups is 3. The highest BCUT2D eigenvalue weighted by Crippen LogP contribution is 2.48. The molecule has 4 aromatic rings. The van der Waals surface area contributed by atoms with Crippen LogP contribution in [0.25, 0.3) is 0 Å². The molecule has 3 fully saturated rings. The normalized spacial score (nSPS) is 24.0. The van der Waals surface area contributed by atoms with Crippen molar-refractivity contribution in [2.24, 2.45) is 5.92 Å². The molecule has 2 aliphatic carbocycles. The molecule has 9 nitrogen and oxygen atoms in total. The number of aryl methyl sites for hydroxylation is 3. The van der Waals surface area contributed by atoms with Gasteiger partial charge in [-0.3, -0.25) is 24.6 Å². The van der Waals surface area contributed by atoms with Crippen LogP contribution in [0.1, 0.15) is 99.7 Å². The molecule has 0 radical (unpaired) electrons. The molecule has 0 aromatic heterocycles. The standard InChI is InChI=1S/C48H53N5O4/c54-40-12-15-42-36(28-40)8-13-41(35-5-4-32-2-1-3-34(32)26-35)46(42)33-6-9-38(10-7-33)51-20-18-31(19-21-51)29-50-22-24-52(25-23-50)39-11-14-43-37(27-39)30-53(48(43)57)44-16-17-45(55)49-47(44)56/h4-7,9-12,14-15,26-28,31,41,44,46,54H,1-3,8,13,16-25,29-30H2,(H,49,55,56)/t41-,44?,46+/m1/s1. The minimum Gasteiger partial charge on any atom is -0.508 e. The Kier molecular flexibility index (Phi) is 9.51. The maximum atomic E-state index is 13.2. The van der Waals surface area contributed by atoms with Gasteiger partial charge in [0.2, 0.25) is 11.8 Å². The van der Waals surface area contributed by atoms with Gasteiger partial charge in [0.15, 0.2) is 0 Å². The number of benzene rings is 4. The number of piperidine rings is 2. The lowest BCUT2D eigenvalue weighted by Gasteiger charge is -2.40. The number of hydrogen-bond acceptors (Lipinski definition) is 7. The number of nitrogens with zero attached hydrogens (tertiary/aromatic N) is 4. The zero-order valence-electron chi connectivity index (χ0n) is 32.8. The van der Waals surface area contributed by atoms with Gasteiger partial charge in [0.25, 0.3) is 5.91 Å². The van der Waals surface area contributed by atoms with E-state index in [1.165, 1.54) is 65.6 Å². The third-order valence-electron chi connectivity index (χ3n) is 14.1. The lowest BCUT2D eigenvalue weighted by molar-refractivity contribution is -0.136. The number of fused-ring (bicyclic) bond motifs is 3. The first-order chi connectivity index (χ1) is 27.8. The molecule has 0 bridgehead atoms. The molecule has 294 valence electrons. The Morgan fingerprint density at radius 2 is 1.39 bits per heavy atom. The van der Waals surface area contributed by atoms with E-state index in [9.17, 15) is 19.5 Å². The van der Waals surface area contributed by atoms with Crippen LogP contribution >= 0.6 is 0 Å². The molecule has 1 unspecified atom stereocenters. The van der Waals surface area contributed by atoms with Crippen LogP contribution in [0.5, 0.6) is 5.75 Å². The fourth-order valence-corrected chi connectivity index (χ4v) is 11.0. The van der Waals surface area contributed by atoms with Crippen LogP contribution < -0.4 is 15.1 Å². The number of phenolic OH excluding ortho intramolecular Hbond substituents is 1. The molecular formula is C48H53N5O4. The van der Waals surface area contributed by atoms with Crippen LogP contribution in [0, 0.1) is 5.92 Å². The maximum absolute atomic E-state index is 13.2. The van der Waals surface area contributed by atoms with Crippen LogP contribution in [0.15, 0.2) is 78.9 Å². The second kappa shape index (κ2) is 15.0. The molecular weight excluding hydrogens is 711 g/mol. The lowest BCUT2D eigenvalue weighted by atomic mass is 9.69. The average molecular weight is 764 g/mol. The molecule has 0 saturated carbocycles. The van der Waals surface area contributed by atoms with E-state index in [0.717, 1.165) is 69.9 Å². The molecule has 3 saturated heterocycles. The van der Waals surface area contributed by atoms with Crippen molar-refractivity contribution >= 4 is 29.1 Å². The number of imide groups is 1. The highest BCUT2D eigenvalue weighted by Gasteiger charge is 2.39. The summed E-state index contributed by atoms with van der Waals surface area (Å²) < 4.78 is 0. The first-order valence-electron chi connectivity index (χ1n) is 21.4. The van der Waals surface area contributed by atoms with Crippen molar-refractivity contribution in [3.63, 3.8) is 0 Å². The monoisotopic (exact) mass is 763 g/mol. The molecule has 4 aliphatic heterocycles. The van der Waals surface area contributed by atoms with Crippen molar-refractivity contribution in [2.75, 3.05) is 55.6 Å². The van der Waals surface area contributed by atoms with Crippen molar-refractivity contribution in [1.29, 1.82) is 0 Å². The number of carbonyl (C=O) groups excluding carboxylic acids is 3. The molecule has 57 heavy (non-hydrogen) atoms. The molecule has 6 aliphatic rings. The lowest BCUT2D eigenvalue weighted by Crippen LogP contribution is -2.52. The third-order valence-corrected chi connectivity index (χ3v) is 14.1. The highest BCUT2D eigenvalue weighted by molar-refractivity contribution is 6.05. The summed E-state index contributed by atoms with van der Waals surface area (Å²) in [6.45, 7) is 7.67. The fourth-order valence-electron chi connectivity index (χ4n) is 11.0. The van der Waals surface area contributed by atoms with E-state index in [4.69, 9.17) is 0 Å². The quantitative estimate of drug-likeness (QED) is 0.207. The molecule has 3 atom stereocenters. The van der Waals surface area contributed by atoms with Crippen LogP contribution in [-0.2, 0) is 35.4 Å². The minimum absolute atomic E-state index is 0.119. The van der Waals surface area contributed by atoms with Crippen LogP contribution in [0.4, 0.5) is 11.4 Å². The predicted molar refractivity (Wildman–Crippen MR) is 222 cm³/mol. The van der Waals surface area contributed by atoms with E-state index in [0.29, 0.717) is 36.1 Å². The van der Waals surface area contributed by atoms with Crippen molar-refractivity contribution in [2.45, 2.75) is 82.2 Å². The number of amides is 3. The molecule has 4 heterocycles. The Hall–Kier alpha value is -5.15. The van der Waals surface area contributed by atoms with Crippen molar-refractivity contribution in [1.82, 2.24) is 15.1 Å². The summed E-state index contributed by atoms with van der Waals surface area (Å²) in [7, 11) is 0. The van der Waals surface area contributed by atoms with Gasteiger partial charge < -0.3 is 19.8 Å². The number of phenols is 1. The summed E-state index contributed by atoms with van der Waals surface area (Å²) in [6, 6.07) is 28.3. The van der Waals surface area contributed by atoms with E-state index >= 15 is 0 Å². The number of piperazine rings is 1. The van der Waals surface area contributed by atoms with Gasteiger partial charge >= 0.3 is 0 Å². The number of hydrogen-bond donors (Lipinski definition) is 2. The minimum atomic E-state index is -0.585. The van der Waals surface area contributed by atoms with Gasteiger partial charge in [-0.05, 0) is 145 Å². The van der Waals surface area contributed by atoms with Gasteiger partial charge in [0.05, 0.1) is 0 Å². The Morgan fingerprint density at radius 1 is 0.632 bits per heavy atom. The largest absolute Gasteiger partial charge is 0.508 e. The molecule has 9 heteroatoms. The summed E-state index contributed by atoms with van der Waals surface area (Å²) in [5.74, 6) is 1.00. The Balaban J connectivity index is 0.740. The van der Waals surface area contributed by atoms with Crippen LogP contribution in [0.3, 0.4) is 0 Å². The second-order valence-electron chi connectivity index (χ2n) is 17.4. The van der Waals surface area contributed by atoms with E-state index in [2.05, 4.69) is 80.7 Å². The Labute approximate surface area is 335 Å². The van der Waals surface area contributed by atoms with Gasteiger partial charge in [-0.15, -0.1) is 0 Å². The Morgan fingerprint density at radius 3 is 2.19 bits per heavy atom. The summed E-state index contributed by atoms with van der Waals surface area (Å²) in [6.07, 6.45) is 8.81. The number of anilines is 2. The van der Waals surface area contributed by atoms with Gasteiger partial charge in [-0.2, -0.15) is 0 Å². The van der Waals surface area contributed by atoms with Crippen molar-refractivity contribution < 1.29 is 19.5 Å². The summed E-state index contributed by atoms with van der Waals surface area (Å²) in [5, 5.41) is 12.7. The van der Waals surface area contributed by atoms with E-state index in [1.807, 2.05) is 18.2 Å². The zero-order valence-corrected chi connectivity index (χ0v) is 32.8. The third kappa shape index (κ3) is 6.98. The summed E-state index contributed by atoms with van der Waals surface area (Å²) >= 11 is 0. The van der Waals surface area contributed by atoms with E-state index < -0.39 is 6.04 Å². The van der Waals surface area contributed by atoms with Gasteiger partial charge in [0.1, 0.15) is 11.8 Å². The average Bonchev–Trinajstić information content (AvgIpc) is 3.84. The van der Waals surface area contributed by atoms with Gasteiger partial charge in [-0.25, -0.2) is 0 Å². The van der Waals surface area contributed by atoms with Crippen molar-refractivity contribution in [3.05, 3.63) is 123 Å². The van der Waals surface area contributed by atoms with Crippen LogP contribution in [0.2, 0.25) is 0 Å². The SMILES string of the molecule is O=C1CCC(N2Cc3cc(N4CCN(CC5CCN(c6ccc([C@@H]7c8ccc(O)cc8CC[C@@H]7c7ccc8c(c7)CCC8)cc6)CC5)CC4)ccc3C2=O)C(=O)N1. The first-order valence-corrected chi connectivity index (χ1v) is 21.4. The highest BCUT2D eigenvalue weighted by atomic mass is 16.3. The first kappa shape index (κ1) is 36.2. The fraction of sp³-hybridized carbons (Fsp3) is 0.438. The van der Waals surface area contributed by atoms with Gasteiger partial charge in [-0.1, -0.05) is 36.4 Å². The summed E-state index contributed by atoms with van der Waals surface area (Å²) in [5.41, 5.74) is 12.6. The number of aromatic hydroxyl groups is 1. The topological polar surface area (TPSA) is 96.4 Å². The molecule has 3 amide bonds. The Bertz CT molecular complexity index is 2200. The number of nitrogens with one attached hydrogen (secondary N) is 1. The second-order valence-corrected chi connectivity index (χ2v) is 17.4. The molecule has 10 rings (SSSR count). The van der Waals surface area contributed by atoms with E-state index in [-0.39, 0.29) is 30.1 Å². The summed E-state index contributed by atoms with van der Waals surface area (Å²) in [4.78, 5) is 46.6. The zero-order chi connectivity index (χ0) is 38.6. The maximum Gasteiger partial charge on any atom is 0.255 e. The predicted octanol–water partition coefficient (Wildman–Crippen LogP) is 6.54. The molecule has 0 spiro atoms.